The third kappa shape index (κ3) is 3.98. The fraction of sp³-hybridized carbons (Fsp3) is 0.650. The Morgan fingerprint density at radius 1 is 1.29 bits per heavy atom. The highest BCUT2D eigenvalue weighted by atomic mass is 16.3. The van der Waals surface area contributed by atoms with E-state index < -0.39 is 0 Å². The molecule has 1 N–H and O–H groups in total. The maximum Gasteiger partial charge on any atom is 0.236 e. The highest BCUT2D eigenvalue weighted by molar-refractivity contribution is 5.78. The molecule has 1 heterocycles. The van der Waals surface area contributed by atoms with Crippen LogP contribution in [0.4, 0.5) is 0 Å². The number of hydrogen-bond acceptors (Lipinski definition) is 3. The summed E-state index contributed by atoms with van der Waals surface area (Å²) < 4.78 is 0. The monoisotopic (exact) mass is 330 g/mol. The molecule has 1 aliphatic carbocycles. The Bertz CT molecular complexity index is 560. The van der Waals surface area contributed by atoms with Crippen molar-refractivity contribution in [3.63, 3.8) is 0 Å². The third-order valence-corrected chi connectivity index (χ3v) is 5.51. The Labute approximate surface area is 145 Å². The average molecular weight is 330 g/mol. The highest BCUT2D eigenvalue weighted by Crippen LogP contribution is 2.34. The molecular weight excluding hydrogens is 300 g/mol. The molecule has 0 radical (unpaired) electrons. The van der Waals surface area contributed by atoms with Crippen molar-refractivity contribution >= 4 is 5.91 Å². The van der Waals surface area contributed by atoms with Crippen LogP contribution in [-0.2, 0) is 11.2 Å². The van der Waals surface area contributed by atoms with Crippen LogP contribution in [0.1, 0.15) is 49.8 Å². The molecule has 2 aliphatic rings. The Balaban J connectivity index is 1.72. The SMILES string of the molecule is CC1CCCN(C(=O)CN(CCO)C2CCCc3ccccc32)C1. The number of aryl methyl sites for hydroxylation is 1. The predicted molar refractivity (Wildman–Crippen MR) is 95.8 cm³/mol. The highest BCUT2D eigenvalue weighted by Gasteiger charge is 2.29. The first-order valence-electron chi connectivity index (χ1n) is 9.39. The van der Waals surface area contributed by atoms with E-state index in [1.165, 1.54) is 17.5 Å². The summed E-state index contributed by atoms with van der Waals surface area (Å²) in [5, 5.41) is 9.51. The lowest BCUT2D eigenvalue weighted by molar-refractivity contribution is -0.135. The molecule has 0 spiro atoms. The summed E-state index contributed by atoms with van der Waals surface area (Å²) in [5.74, 6) is 0.822. The van der Waals surface area contributed by atoms with Crippen LogP contribution in [0.15, 0.2) is 24.3 Å². The van der Waals surface area contributed by atoms with Crippen LogP contribution in [0.5, 0.6) is 0 Å². The standard InChI is InChI=1S/C20H30N2O2/c1-16-6-5-11-22(14-16)20(24)15-21(12-13-23)19-10-4-8-17-7-2-3-9-18(17)19/h2-3,7,9,16,19,23H,4-6,8,10-15H2,1H3. The van der Waals surface area contributed by atoms with Gasteiger partial charge in [0.15, 0.2) is 0 Å². The minimum absolute atomic E-state index is 0.0996. The van der Waals surface area contributed by atoms with E-state index in [1.807, 2.05) is 4.90 Å². The van der Waals surface area contributed by atoms with Gasteiger partial charge in [0.25, 0.3) is 0 Å². The molecule has 4 heteroatoms. The fourth-order valence-corrected chi connectivity index (χ4v) is 4.27. The van der Waals surface area contributed by atoms with Gasteiger partial charge in [-0.3, -0.25) is 9.69 Å². The second kappa shape index (κ2) is 8.13. The van der Waals surface area contributed by atoms with E-state index in [0.29, 0.717) is 19.0 Å². The minimum atomic E-state index is 0.0996. The predicted octanol–water partition coefficient (Wildman–Crippen LogP) is 2.62. The summed E-state index contributed by atoms with van der Waals surface area (Å²) in [6.07, 6.45) is 5.68. The van der Waals surface area contributed by atoms with Gasteiger partial charge in [-0.25, -0.2) is 0 Å². The molecule has 0 saturated carbocycles. The van der Waals surface area contributed by atoms with Crippen LogP contribution in [0, 0.1) is 5.92 Å². The molecule has 1 fully saturated rings. The van der Waals surface area contributed by atoms with Gasteiger partial charge in [-0.15, -0.1) is 0 Å². The fourth-order valence-electron chi connectivity index (χ4n) is 4.27. The molecule has 0 aromatic heterocycles. The first-order chi connectivity index (χ1) is 11.7. The molecule has 4 nitrogen and oxygen atoms in total. The van der Waals surface area contributed by atoms with Crippen molar-refractivity contribution in [3.8, 4) is 0 Å². The van der Waals surface area contributed by atoms with Crippen molar-refractivity contribution in [3.05, 3.63) is 35.4 Å². The number of piperidine rings is 1. The molecule has 1 aromatic rings. The van der Waals surface area contributed by atoms with Crippen molar-refractivity contribution in [2.75, 3.05) is 32.8 Å². The van der Waals surface area contributed by atoms with Crippen LogP contribution in [0.3, 0.4) is 0 Å². The lowest BCUT2D eigenvalue weighted by atomic mass is 9.86. The zero-order valence-electron chi connectivity index (χ0n) is 14.8. The number of aliphatic hydroxyl groups is 1. The van der Waals surface area contributed by atoms with Crippen LogP contribution in [-0.4, -0.2) is 53.6 Å². The first kappa shape index (κ1) is 17.4. The van der Waals surface area contributed by atoms with E-state index >= 15 is 0 Å². The molecule has 1 amide bonds. The number of rotatable bonds is 5. The largest absolute Gasteiger partial charge is 0.395 e. The van der Waals surface area contributed by atoms with Gasteiger partial charge in [0, 0.05) is 25.7 Å². The number of likely N-dealkylation sites (tertiary alicyclic amines) is 1. The number of fused-ring (bicyclic) bond motifs is 1. The van der Waals surface area contributed by atoms with Crippen molar-refractivity contribution in [2.45, 2.75) is 45.1 Å². The van der Waals surface area contributed by atoms with Gasteiger partial charge in [-0.05, 0) is 49.1 Å². The zero-order chi connectivity index (χ0) is 16.9. The zero-order valence-corrected chi connectivity index (χ0v) is 14.8. The van der Waals surface area contributed by atoms with Gasteiger partial charge in [0.05, 0.1) is 13.2 Å². The molecule has 132 valence electrons. The Morgan fingerprint density at radius 3 is 2.92 bits per heavy atom. The van der Waals surface area contributed by atoms with Gasteiger partial charge in [-0.2, -0.15) is 0 Å². The van der Waals surface area contributed by atoms with Crippen molar-refractivity contribution in [1.29, 1.82) is 0 Å². The molecule has 2 unspecified atom stereocenters. The van der Waals surface area contributed by atoms with E-state index in [1.54, 1.807) is 0 Å². The number of amides is 1. The second-order valence-corrected chi connectivity index (χ2v) is 7.39. The number of carbonyl (C=O) groups excluding carboxylic acids is 1. The summed E-state index contributed by atoms with van der Waals surface area (Å²) in [7, 11) is 0. The van der Waals surface area contributed by atoms with Crippen LogP contribution in [0.2, 0.25) is 0 Å². The minimum Gasteiger partial charge on any atom is -0.395 e. The third-order valence-electron chi connectivity index (χ3n) is 5.51. The summed E-state index contributed by atoms with van der Waals surface area (Å²) in [6, 6.07) is 8.83. The number of carbonyl (C=O) groups is 1. The van der Waals surface area contributed by atoms with Crippen molar-refractivity contribution in [1.82, 2.24) is 9.80 Å². The molecule has 0 bridgehead atoms. The van der Waals surface area contributed by atoms with Crippen LogP contribution >= 0.6 is 0 Å². The molecule has 1 aliphatic heterocycles. The summed E-state index contributed by atoms with van der Waals surface area (Å²) in [6.45, 7) is 5.08. The summed E-state index contributed by atoms with van der Waals surface area (Å²) in [4.78, 5) is 17.0. The smallest absolute Gasteiger partial charge is 0.236 e. The molecule has 1 saturated heterocycles. The van der Waals surface area contributed by atoms with E-state index in [2.05, 4.69) is 36.1 Å². The molecule has 3 rings (SSSR count). The van der Waals surface area contributed by atoms with E-state index in [9.17, 15) is 9.90 Å². The molecule has 24 heavy (non-hydrogen) atoms. The van der Waals surface area contributed by atoms with Gasteiger partial charge >= 0.3 is 0 Å². The number of nitrogens with zero attached hydrogens (tertiary/aromatic N) is 2. The van der Waals surface area contributed by atoms with E-state index in [0.717, 1.165) is 38.8 Å². The topological polar surface area (TPSA) is 43.8 Å². The summed E-state index contributed by atoms with van der Waals surface area (Å²) >= 11 is 0. The van der Waals surface area contributed by atoms with Crippen LogP contribution in [0.25, 0.3) is 0 Å². The van der Waals surface area contributed by atoms with E-state index in [4.69, 9.17) is 0 Å². The second-order valence-electron chi connectivity index (χ2n) is 7.39. The Kier molecular flexibility index (Phi) is 5.90. The maximum atomic E-state index is 12.8. The summed E-state index contributed by atoms with van der Waals surface area (Å²) in [5.41, 5.74) is 2.74. The lowest BCUT2D eigenvalue weighted by Gasteiger charge is -2.37. The van der Waals surface area contributed by atoms with Crippen molar-refractivity contribution < 1.29 is 9.90 Å². The van der Waals surface area contributed by atoms with Crippen LogP contribution < -0.4 is 0 Å². The average Bonchev–Trinajstić information content (AvgIpc) is 2.61. The number of hydrogen-bond donors (Lipinski definition) is 1. The molecule has 2 atom stereocenters. The number of benzene rings is 1. The van der Waals surface area contributed by atoms with E-state index in [-0.39, 0.29) is 18.6 Å². The van der Waals surface area contributed by atoms with Crippen molar-refractivity contribution in [2.24, 2.45) is 5.92 Å². The number of aliphatic hydroxyl groups excluding tert-OH is 1. The van der Waals surface area contributed by atoms with Gasteiger partial charge < -0.3 is 10.0 Å². The lowest BCUT2D eigenvalue weighted by Crippen LogP contribution is -2.46. The molecule has 1 aromatic carbocycles. The van der Waals surface area contributed by atoms with Gasteiger partial charge in [0.2, 0.25) is 5.91 Å². The molecular formula is C20H30N2O2. The Morgan fingerprint density at radius 2 is 2.12 bits per heavy atom. The first-order valence-corrected chi connectivity index (χ1v) is 9.39. The van der Waals surface area contributed by atoms with Gasteiger partial charge in [0.1, 0.15) is 0 Å². The van der Waals surface area contributed by atoms with Gasteiger partial charge in [-0.1, -0.05) is 31.2 Å². The maximum absolute atomic E-state index is 12.8. The normalized spacial score (nSPS) is 24.0. The quantitative estimate of drug-likeness (QED) is 0.902. The Hall–Kier alpha value is -1.39.